The van der Waals surface area contributed by atoms with Gasteiger partial charge in [-0.05, 0) is 46.3 Å². The molecule has 3 aromatic rings. The molecule has 2 heterocycles. The molecule has 0 saturated heterocycles. The van der Waals surface area contributed by atoms with Crippen molar-refractivity contribution in [3.05, 3.63) is 64.6 Å². The second-order valence-electron chi connectivity index (χ2n) is 4.58. The number of hydrogen-bond donors (Lipinski definition) is 0. The van der Waals surface area contributed by atoms with Crippen molar-refractivity contribution in [1.29, 1.82) is 0 Å². The first kappa shape index (κ1) is 13.8. The third kappa shape index (κ3) is 2.54. The summed E-state index contributed by atoms with van der Waals surface area (Å²) in [5, 5.41) is 4.13. The van der Waals surface area contributed by atoms with Crippen molar-refractivity contribution in [2.24, 2.45) is 0 Å². The van der Waals surface area contributed by atoms with Crippen LogP contribution in [-0.4, -0.2) is 22.6 Å². The molecule has 1 aromatic carbocycles. The number of fused-ring (bicyclic) bond motifs is 1. The van der Waals surface area contributed by atoms with Crippen molar-refractivity contribution in [2.45, 2.75) is 0 Å². The number of anilines is 1. The van der Waals surface area contributed by atoms with Gasteiger partial charge in [0.25, 0.3) is 5.91 Å². The van der Waals surface area contributed by atoms with E-state index in [0.717, 1.165) is 9.99 Å². The van der Waals surface area contributed by atoms with Gasteiger partial charge in [-0.15, -0.1) is 0 Å². The Balaban J connectivity index is 1.97. The highest BCUT2D eigenvalue weighted by Crippen LogP contribution is 2.21. The zero-order valence-electron chi connectivity index (χ0n) is 11.1. The fourth-order valence-electron chi connectivity index (χ4n) is 2.08. The van der Waals surface area contributed by atoms with Gasteiger partial charge in [-0.3, -0.25) is 4.79 Å². The molecular formula is C15H11BrFN3O. The van der Waals surface area contributed by atoms with Crippen LogP contribution in [-0.2, 0) is 0 Å². The Labute approximate surface area is 128 Å². The lowest BCUT2D eigenvalue weighted by molar-refractivity contribution is 0.0993. The van der Waals surface area contributed by atoms with Gasteiger partial charge >= 0.3 is 0 Å². The minimum absolute atomic E-state index is 0.212. The van der Waals surface area contributed by atoms with Crippen LogP contribution in [0.15, 0.2) is 53.3 Å². The number of benzene rings is 1. The van der Waals surface area contributed by atoms with E-state index in [2.05, 4.69) is 21.0 Å². The summed E-state index contributed by atoms with van der Waals surface area (Å²) in [6, 6.07) is 9.36. The molecule has 1 amide bonds. The molecule has 0 aliphatic carbocycles. The van der Waals surface area contributed by atoms with Gasteiger partial charge in [0.2, 0.25) is 0 Å². The Bertz CT molecular complexity index is 831. The second-order valence-corrected chi connectivity index (χ2v) is 5.44. The molecule has 0 fully saturated rings. The van der Waals surface area contributed by atoms with Crippen LogP contribution in [0.4, 0.5) is 10.1 Å². The molecule has 2 aromatic heterocycles. The van der Waals surface area contributed by atoms with Crippen LogP contribution in [0.1, 0.15) is 10.4 Å². The standard InChI is InChI=1S/C15H11BrFN3O/c1-19(12-4-2-3-11(17)8-12)15(21)10-5-6-20-14(7-10)13(16)9-18-20/h2-9H,1H3. The van der Waals surface area contributed by atoms with Gasteiger partial charge in [0.1, 0.15) is 5.82 Å². The zero-order chi connectivity index (χ0) is 15.0. The number of aromatic nitrogens is 2. The maximum atomic E-state index is 13.3. The number of nitrogens with zero attached hydrogens (tertiary/aromatic N) is 3. The fraction of sp³-hybridized carbons (Fsp3) is 0.0667. The Morgan fingerprint density at radius 2 is 2.14 bits per heavy atom. The van der Waals surface area contributed by atoms with Crippen molar-refractivity contribution in [3.63, 3.8) is 0 Å². The maximum Gasteiger partial charge on any atom is 0.258 e. The first-order chi connectivity index (χ1) is 10.1. The topological polar surface area (TPSA) is 37.6 Å². The molecule has 0 N–H and O–H groups in total. The molecule has 0 atom stereocenters. The number of amides is 1. The van der Waals surface area contributed by atoms with E-state index >= 15 is 0 Å². The zero-order valence-corrected chi connectivity index (χ0v) is 12.7. The van der Waals surface area contributed by atoms with E-state index in [1.807, 2.05) is 0 Å². The second kappa shape index (κ2) is 5.29. The van der Waals surface area contributed by atoms with Gasteiger partial charge in [0.05, 0.1) is 16.2 Å². The Morgan fingerprint density at radius 1 is 1.33 bits per heavy atom. The molecule has 0 bridgehead atoms. The molecule has 106 valence electrons. The van der Waals surface area contributed by atoms with E-state index in [1.165, 1.54) is 17.0 Å². The molecule has 0 aliphatic rings. The van der Waals surface area contributed by atoms with Crippen LogP contribution in [0.3, 0.4) is 0 Å². The minimum atomic E-state index is -0.374. The fourth-order valence-corrected chi connectivity index (χ4v) is 2.47. The van der Waals surface area contributed by atoms with E-state index in [1.54, 1.807) is 48.2 Å². The average molecular weight is 348 g/mol. The molecule has 21 heavy (non-hydrogen) atoms. The summed E-state index contributed by atoms with van der Waals surface area (Å²) in [4.78, 5) is 13.9. The van der Waals surface area contributed by atoms with E-state index in [9.17, 15) is 9.18 Å². The summed E-state index contributed by atoms with van der Waals surface area (Å²) in [6.45, 7) is 0. The normalized spacial score (nSPS) is 10.8. The molecule has 0 radical (unpaired) electrons. The molecule has 0 saturated carbocycles. The van der Waals surface area contributed by atoms with Crippen molar-refractivity contribution in [3.8, 4) is 0 Å². The maximum absolute atomic E-state index is 13.3. The number of carbonyl (C=O) groups excluding carboxylic acids is 1. The number of halogens is 2. The minimum Gasteiger partial charge on any atom is -0.311 e. The summed E-state index contributed by atoms with van der Waals surface area (Å²) < 4.78 is 15.7. The Morgan fingerprint density at radius 3 is 2.90 bits per heavy atom. The quantitative estimate of drug-likeness (QED) is 0.711. The SMILES string of the molecule is CN(C(=O)c1ccn2ncc(Br)c2c1)c1cccc(F)c1. The highest BCUT2D eigenvalue weighted by atomic mass is 79.9. The lowest BCUT2D eigenvalue weighted by Gasteiger charge is -2.17. The third-order valence-corrected chi connectivity index (χ3v) is 3.83. The third-order valence-electron chi connectivity index (χ3n) is 3.22. The van der Waals surface area contributed by atoms with Crippen molar-refractivity contribution in [1.82, 2.24) is 9.61 Å². The first-order valence-corrected chi connectivity index (χ1v) is 7.02. The van der Waals surface area contributed by atoms with Crippen LogP contribution in [0.5, 0.6) is 0 Å². The van der Waals surface area contributed by atoms with Gasteiger partial charge in [0.15, 0.2) is 0 Å². The first-order valence-electron chi connectivity index (χ1n) is 6.23. The predicted octanol–water partition coefficient (Wildman–Crippen LogP) is 3.51. The van der Waals surface area contributed by atoms with E-state index in [4.69, 9.17) is 0 Å². The van der Waals surface area contributed by atoms with E-state index < -0.39 is 0 Å². The molecule has 0 unspecified atom stereocenters. The highest BCUT2D eigenvalue weighted by Gasteiger charge is 2.15. The van der Waals surface area contributed by atoms with Crippen LogP contribution >= 0.6 is 15.9 Å². The lowest BCUT2D eigenvalue weighted by atomic mass is 10.2. The number of rotatable bonds is 2. The summed E-state index contributed by atoms with van der Waals surface area (Å²) in [5.41, 5.74) is 1.82. The Kier molecular flexibility index (Phi) is 3.47. The Hall–Kier alpha value is -2.21. The molecular weight excluding hydrogens is 337 g/mol. The average Bonchev–Trinajstić information content (AvgIpc) is 2.87. The van der Waals surface area contributed by atoms with Crippen LogP contribution in [0, 0.1) is 5.82 Å². The number of carbonyl (C=O) groups is 1. The van der Waals surface area contributed by atoms with E-state index in [-0.39, 0.29) is 11.7 Å². The smallest absolute Gasteiger partial charge is 0.258 e. The summed E-state index contributed by atoms with van der Waals surface area (Å²) in [5.74, 6) is -0.586. The highest BCUT2D eigenvalue weighted by molar-refractivity contribution is 9.10. The van der Waals surface area contributed by atoms with Crippen LogP contribution in [0.25, 0.3) is 5.52 Å². The number of hydrogen-bond acceptors (Lipinski definition) is 2. The largest absolute Gasteiger partial charge is 0.311 e. The summed E-state index contributed by atoms with van der Waals surface area (Å²) in [6.07, 6.45) is 3.38. The van der Waals surface area contributed by atoms with Crippen molar-refractivity contribution in [2.75, 3.05) is 11.9 Å². The van der Waals surface area contributed by atoms with Crippen molar-refractivity contribution < 1.29 is 9.18 Å². The van der Waals surface area contributed by atoms with Gasteiger partial charge < -0.3 is 4.90 Å². The molecule has 3 rings (SSSR count). The predicted molar refractivity (Wildman–Crippen MR) is 82.0 cm³/mol. The van der Waals surface area contributed by atoms with Gasteiger partial charge in [0, 0.05) is 24.5 Å². The molecule has 0 spiro atoms. The molecule has 0 aliphatic heterocycles. The van der Waals surface area contributed by atoms with Crippen LogP contribution < -0.4 is 4.90 Å². The van der Waals surface area contributed by atoms with Crippen LogP contribution in [0.2, 0.25) is 0 Å². The van der Waals surface area contributed by atoms with Crippen molar-refractivity contribution >= 4 is 33.0 Å². The number of pyridine rings is 1. The summed E-state index contributed by atoms with van der Waals surface area (Å²) >= 11 is 3.38. The summed E-state index contributed by atoms with van der Waals surface area (Å²) in [7, 11) is 1.62. The monoisotopic (exact) mass is 347 g/mol. The van der Waals surface area contributed by atoms with Gasteiger partial charge in [-0.25, -0.2) is 8.91 Å². The lowest BCUT2D eigenvalue weighted by Crippen LogP contribution is -2.26. The molecule has 4 nitrogen and oxygen atoms in total. The van der Waals surface area contributed by atoms with E-state index in [0.29, 0.717) is 11.3 Å². The molecule has 6 heteroatoms. The van der Waals surface area contributed by atoms with Gasteiger partial charge in [-0.1, -0.05) is 6.07 Å². The van der Waals surface area contributed by atoms with Gasteiger partial charge in [-0.2, -0.15) is 5.10 Å².